The first-order valence-corrected chi connectivity index (χ1v) is 6.94. The zero-order valence-corrected chi connectivity index (χ0v) is 14.3. The fourth-order valence-electron chi connectivity index (χ4n) is 1.83. The second kappa shape index (κ2) is 8.87. The number of hydrogen-bond donors (Lipinski definition) is 2. The summed E-state index contributed by atoms with van der Waals surface area (Å²) in [7, 11) is 0. The third-order valence-corrected chi connectivity index (χ3v) is 3.86. The molecule has 0 atom stereocenters. The quantitative estimate of drug-likeness (QED) is 0.834. The molecule has 0 bridgehead atoms. The van der Waals surface area contributed by atoms with Crippen molar-refractivity contribution in [1.29, 1.82) is 0 Å². The van der Waals surface area contributed by atoms with Crippen molar-refractivity contribution in [2.24, 2.45) is 0 Å². The lowest BCUT2D eigenvalue weighted by molar-refractivity contribution is 0.0957. The Morgan fingerprint density at radius 3 is 2.38 bits per heavy atom. The topological polar surface area (TPSA) is 68.0 Å². The van der Waals surface area contributed by atoms with Gasteiger partial charge >= 0.3 is 0 Å². The van der Waals surface area contributed by atoms with E-state index in [-0.39, 0.29) is 30.7 Å². The van der Waals surface area contributed by atoms with E-state index in [2.05, 4.69) is 10.3 Å². The molecule has 1 aromatic heterocycles. The molecule has 0 aliphatic rings. The fraction of sp³-hybridized carbons (Fsp3) is 0.286. The van der Waals surface area contributed by atoms with E-state index < -0.39 is 0 Å². The summed E-state index contributed by atoms with van der Waals surface area (Å²) in [6.45, 7) is 4.38. The summed E-state index contributed by atoms with van der Waals surface area (Å²) >= 11 is 1.43. The van der Waals surface area contributed by atoms with Gasteiger partial charge in [-0.2, -0.15) is 0 Å². The Labute approximate surface area is 141 Å². The minimum absolute atomic E-state index is 0. The van der Waals surface area contributed by atoms with Crippen LogP contribution in [0.4, 0.5) is 5.69 Å². The van der Waals surface area contributed by atoms with E-state index in [0.717, 1.165) is 28.4 Å². The number of aromatic nitrogens is 1. The normalized spacial score (nSPS) is 9.43. The molecule has 0 unspecified atom stereocenters. The Hall–Kier alpha value is -1.30. The Morgan fingerprint density at radius 1 is 1.24 bits per heavy atom. The molecule has 0 fully saturated rings. The molecule has 2 aromatic rings. The van der Waals surface area contributed by atoms with Gasteiger partial charge in [-0.1, -0.05) is 12.1 Å². The molecule has 21 heavy (non-hydrogen) atoms. The molecule has 0 aliphatic carbocycles. The maximum atomic E-state index is 12.0. The summed E-state index contributed by atoms with van der Waals surface area (Å²) < 4.78 is 0. The lowest BCUT2D eigenvalue weighted by Crippen LogP contribution is -2.25. The van der Waals surface area contributed by atoms with Crippen molar-refractivity contribution in [3.63, 3.8) is 0 Å². The molecule has 3 N–H and O–H groups in total. The van der Waals surface area contributed by atoms with E-state index in [1.54, 1.807) is 0 Å². The monoisotopic (exact) mass is 347 g/mol. The van der Waals surface area contributed by atoms with Gasteiger partial charge in [-0.25, -0.2) is 4.98 Å². The Kier molecular flexibility index (Phi) is 8.32. The first-order valence-electron chi connectivity index (χ1n) is 6.13. The third-order valence-electron chi connectivity index (χ3n) is 2.79. The molecule has 1 heterocycles. The SMILES string of the molecule is Cc1nc(C)c(C(=O)NCCc2ccc(N)cc2)s1.Cl.Cl. The van der Waals surface area contributed by atoms with E-state index in [1.165, 1.54) is 11.3 Å². The Balaban J connectivity index is 0.00000200. The van der Waals surface area contributed by atoms with E-state index in [1.807, 2.05) is 38.1 Å². The van der Waals surface area contributed by atoms with Gasteiger partial charge < -0.3 is 11.1 Å². The molecule has 2 rings (SSSR count). The zero-order valence-electron chi connectivity index (χ0n) is 11.9. The maximum absolute atomic E-state index is 12.0. The number of nitrogens with two attached hydrogens (primary N) is 1. The molecule has 116 valence electrons. The lowest BCUT2D eigenvalue weighted by atomic mass is 10.1. The van der Waals surface area contributed by atoms with E-state index in [4.69, 9.17) is 5.73 Å². The van der Waals surface area contributed by atoms with Crippen molar-refractivity contribution in [1.82, 2.24) is 10.3 Å². The largest absolute Gasteiger partial charge is 0.399 e. The van der Waals surface area contributed by atoms with Crippen molar-refractivity contribution in [3.05, 3.63) is 45.4 Å². The van der Waals surface area contributed by atoms with Crippen LogP contribution in [0.1, 0.15) is 25.9 Å². The number of halogens is 2. The zero-order chi connectivity index (χ0) is 13.8. The lowest BCUT2D eigenvalue weighted by Gasteiger charge is -2.04. The number of hydrogen-bond acceptors (Lipinski definition) is 4. The Morgan fingerprint density at radius 2 is 1.86 bits per heavy atom. The van der Waals surface area contributed by atoms with Gasteiger partial charge in [0.05, 0.1) is 10.7 Å². The van der Waals surface area contributed by atoms with Crippen molar-refractivity contribution >= 4 is 47.7 Å². The van der Waals surface area contributed by atoms with Gasteiger partial charge in [0, 0.05) is 12.2 Å². The van der Waals surface area contributed by atoms with Crippen LogP contribution in [0.5, 0.6) is 0 Å². The van der Waals surface area contributed by atoms with E-state index >= 15 is 0 Å². The molecule has 1 amide bonds. The van der Waals surface area contributed by atoms with Crippen molar-refractivity contribution < 1.29 is 4.79 Å². The molecule has 0 radical (unpaired) electrons. The van der Waals surface area contributed by atoms with E-state index in [0.29, 0.717) is 11.4 Å². The fourth-order valence-corrected chi connectivity index (χ4v) is 2.66. The first-order chi connectivity index (χ1) is 9.06. The molecule has 0 aliphatic heterocycles. The van der Waals surface area contributed by atoms with E-state index in [9.17, 15) is 4.79 Å². The number of amides is 1. The minimum atomic E-state index is -0.0430. The van der Waals surface area contributed by atoms with Crippen LogP contribution in [-0.2, 0) is 6.42 Å². The predicted octanol–water partition coefficient (Wildman–Crippen LogP) is 3.16. The summed E-state index contributed by atoms with van der Waals surface area (Å²) in [6.07, 6.45) is 0.794. The van der Waals surface area contributed by atoms with Gasteiger partial charge in [-0.3, -0.25) is 4.79 Å². The third kappa shape index (κ3) is 5.53. The molecule has 7 heteroatoms. The molecule has 1 aromatic carbocycles. The number of benzene rings is 1. The van der Waals surface area contributed by atoms with Gasteiger partial charge in [0.15, 0.2) is 0 Å². The number of rotatable bonds is 4. The number of nitrogen functional groups attached to an aromatic ring is 1. The summed E-state index contributed by atoms with van der Waals surface area (Å²) in [6, 6.07) is 7.69. The van der Waals surface area contributed by atoms with Crippen LogP contribution in [0.3, 0.4) is 0 Å². The van der Waals surface area contributed by atoms with Crippen molar-refractivity contribution in [2.75, 3.05) is 12.3 Å². The van der Waals surface area contributed by atoms with Crippen LogP contribution in [0.2, 0.25) is 0 Å². The van der Waals surface area contributed by atoms with Crippen LogP contribution in [0.25, 0.3) is 0 Å². The molecular formula is C14H19Cl2N3OS. The average molecular weight is 348 g/mol. The second-order valence-electron chi connectivity index (χ2n) is 4.39. The van der Waals surface area contributed by atoms with Crippen LogP contribution in [0.15, 0.2) is 24.3 Å². The second-order valence-corrected chi connectivity index (χ2v) is 5.60. The highest BCUT2D eigenvalue weighted by molar-refractivity contribution is 7.13. The number of carbonyl (C=O) groups is 1. The molecule has 0 spiro atoms. The molecule has 0 saturated heterocycles. The van der Waals surface area contributed by atoms with Crippen molar-refractivity contribution in [3.8, 4) is 0 Å². The van der Waals surface area contributed by atoms with Crippen molar-refractivity contribution in [2.45, 2.75) is 20.3 Å². The standard InChI is InChI=1S/C14H17N3OS.2ClH/c1-9-13(19-10(2)17-9)14(18)16-8-7-11-3-5-12(15)6-4-11;;/h3-6H,7-8,15H2,1-2H3,(H,16,18);2*1H. The van der Waals surface area contributed by atoms with Crippen LogP contribution >= 0.6 is 36.2 Å². The Bertz CT molecular complexity index is 584. The number of nitrogens with zero attached hydrogens (tertiary/aromatic N) is 1. The number of thiazole rings is 1. The summed E-state index contributed by atoms with van der Waals surface area (Å²) in [5.41, 5.74) is 8.33. The van der Waals surface area contributed by atoms with Gasteiger partial charge in [-0.05, 0) is 38.0 Å². The molecule has 0 saturated carbocycles. The summed E-state index contributed by atoms with van der Waals surface area (Å²) in [5.74, 6) is -0.0430. The number of nitrogens with one attached hydrogen (secondary N) is 1. The smallest absolute Gasteiger partial charge is 0.263 e. The highest BCUT2D eigenvalue weighted by atomic mass is 35.5. The highest BCUT2D eigenvalue weighted by Crippen LogP contribution is 2.16. The van der Waals surface area contributed by atoms with Crippen LogP contribution in [0, 0.1) is 13.8 Å². The van der Waals surface area contributed by atoms with Gasteiger partial charge in [0.25, 0.3) is 5.91 Å². The highest BCUT2D eigenvalue weighted by Gasteiger charge is 2.12. The maximum Gasteiger partial charge on any atom is 0.263 e. The van der Waals surface area contributed by atoms with Gasteiger partial charge in [0.2, 0.25) is 0 Å². The number of anilines is 1. The number of aryl methyl sites for hydroxylation is 2. The first kappa shape index (κ1) is 19.7. The van der Waals surface area contributed by atoms with Crippen LogP contribution < -0.4 is 11.1 Å². The number of carbonyl (C=O) groups excluding carboxylic acids is 1. The van der Waals surface area contributed by atoms with Gasteiger partial charge in [0.1, 0.15) is 4.88 Å². The summed E-state index contributed by atoms with van der Waals surface area (Å²) in [5, 5.41) is 3.83. The minimum Gasteiger partial charge on any atom is -0.399 e. The summed E-state index contributed by atoms with van der Waals surface area (Å²) in [4.78, 5) is 16.9. The van der Waals surface area contributed by atoms with Gasteiger partial charge in [-0.15, -0.1) is 36.2 Å². The molecular weight excluding hydrogens is 329 g/mol. The van der Waals surface area contributed by atoms with Crippen LogP contribution in [-0.4, -0.2) is 17.4 Å². The predicted molar refractivity (Wildman–Crippen MR) is 93.0 cm³/mol. The average Bonchev–Trinajstić information content (AvgIpc) is 2.71. The molecule has 4 nitrogen and oxygen atoms in total.